The van der Waals surface area contributed by atoms with Crippen molar-refractivity contribution in [3.05, 3.63) is 0 Å². The van der Waals surface area contributed by atoms with E-state index in [-0.39, 0.29) is 12.5 Å². The van der Waals surface area contributed by atoms with Gasteiger partial charge in [0.1, 0.15) is 6.04 Å². The lowest BCUT2D eigenvalue weighted by Gasteiger charge is -2.32. The number of nitrogens with two attached hydrogens (primary N) is 1. The summed E-state index contributed by atoms with van der Waals surface area (Å²) in [4.78, 5) is 22.1. The first-order chi connectivity index (χ1) is 7.93. The van der Waals surface area contributed by atoms with Gasteiger partial charge in [-0.2, -0.15) is 0 Å². The Morgan fingerprint density at radius 3 is 2.47 bits per heavy atom. The highest BCUT2D eigenvalue weighted by atomic mass is 16.3. The van der Waals surface area contributed by atoms with E-state index in [9.17, 15) is 14.7 Å². The maximum absolute atomic E-state index is 11.6. The molecule has 98 valence electrons. The fraction of sp³-hybridized carbons (Fsp3) is 0.818. The summed E-state index contributed by atoms with van der Waals surface area (Å²) in [6.07, 6.45) is 4.54. The molecule has 1 fully saturated rings. The van der Waals surface area contributed by atoms with Gasteiger partial charge in [0, 0.05) is 6.54 Å². The molecule has 0 aromatic heterocycles. The zero-order valence-electron chi connectivity index (χ0n) is 10.2. The summed E-state index contributed by atoms with van der Waals surface area (Å²) in [7, 11) is 0. The van der Waals surface area contributed by atoms with E-state index in [2.05, 4.69) is 10.6 Å². The molecule has 6 nitrogen and oxygen atoms in total. The summed E-state index contributed by atoms with van der Waals surface area (Å²) in [6.45, 7) is 1.78. The first kappa shape index (κ1) is 13.8. The second kappa shape index (κ2) is 5.86. The summed E-state index contributed by atoms with van der Waals surface area (Å²) in [5, 5.41) is 15.1. The summed E-state index contributed by atoms with van der Waals surface area (Å²) >= 11 is 0. The number of carbonyl (C=O) groups is 2. The van der Waals surface area contributed by atoms with E-state index in [1.165, 1.54) is 0 Å². The average molecular weight is 243 g/mol. The normalized spacial score (nSPS) is 20.4. The standard InChI is InChI=1S/C11H21N3O3/c1-8(14-10(12)16)9(15)13-7-11(17)5-3-2-4-6-11/h8,17H,2-7H2,1H3,(H,13,15)(H3,12,14,16). The summed E-state index contributed by atoms with van der Waals surface area (Å²) < 4.78 is 0. The van der Waals surface area contributed by atoms with E-state index < -0.39 is 17.7 Å². The third-order valence-corrected chi connectivity index (χ3v) is 3.13. The van der Waals surface area contributed by atoms with Crippen molar-refractivity contribution in [2.75, 3.05) is 6.54 Å². The Labute approximate surface area is 101 Å². The maximum Gasteiger partial charge on any atom is 0.312 e. The van der Waals surface area contributed by atoms with Gasteiger partial charge in [-0.1, -0.05) is 19.3 Å². The number of amides is 3. The molecule has 1 saturated carbocycles. The van der Waals surface area contributed by atoms with E-state index >= 15 is 0 Å². The quantitative estimate of drug-likeness (QED) is 0.552. The van der Waals surface area contributed by atoms with Crippen LogP contribution in [-0.2, 0) is 4.79 Å². The molecule has 1 rings (SSSR count). The number of urea groups is 1. The molecule has 1 atom stereocenters. The predicted molar refractivity (Wildman–Crippen MR) is 63.2 cm³/mol. The maximum atomic E-state index is 11.6. The number of hydrogen-bond donors (Lipinski definition) is 4. The molecule has 0 spiro atoms. The molecule has 0 aliphatic heterocycles. The Morgan fingerprint density at radius 1 is 1.35 bits per heavy atom. The first-order valence-electron chi connectivity index (χ1n) is 5.99. The SMILES string of the molecule is CC(NC(N)=O)C(=O)NCC1(O)CCCCC1. The van der Waals surface area contributed by atoms with Crippen LogP contribution in [0.3, 0.4) is 0 Å². The topological polar surface area (TPSA) is 104 Å². The zero-order valence-corrected chi connectivity index (χ0v) is 10.2. The van der Waals surface area contributed by atoms with Gasteiger partial charge in [-0.25, -0.2) is 4.79 Å². The Bertz CT molecular complexity index is 288. The predicted octanol–water partition coefficient (Wildman–Crippen LogP) is -0.145. The Morgan fingerprint density at radius 2 is 1.94 bits per heavy atom. The van der Waals surface area contributed by atoms with E-state index in [0.29, 0.717) is 12.8 Å². The highest BCUT2D eigenvalue weighted by Gasteiger charge is 2.30. The number of rotatable bonds is 4. The minimum Gasteiger partial charge on any atom is -0.388 e. The van der Waals surface area contributed by atoms with Gasteiger partial charge in [-0.3, -0.25) is 4.79 Å². The molecule has 1 aliphatic rings. The number of aliphatic hydroxyl groups is 1. The van der Waals surface area contributed by atoms with Crippen LogP contribution in [-0.4, -0.2) is 35.2 Å². The third-order valence-electron chi connectivity index (χ3n) is 3.13. The van der Waals surface area contributed by atoms with Crippen LogP contribution in [0.5, 0.6) is 0 Å². The van der Waals surface area contributed by atoms with Crippen molar-refractivity contribution in [3.8, 4) is 0 Å². The van der Waals surface area contributed by atoms with Gasteiger partial charge in [-0.05, 0) is 19.8 Å². The van der Waals surface area contributed by atoms with E-state index in [4.69, 9.17) is 5.73 Å². The first-order valence-corrected chi connectivity index (χ1v) is 5.99. The highest BCUT2D eigenvalue weighted by Crippen LogP contribution is 2.27. The zero-order chi connectivity index (χ0) is 12.9. The molecule has 0 bridgehead atoms. The highest BCUT2D eigenvalue weighted by molar-refractivity contribution is 5.86. The second-order valence-electron chi connectivity index (χ2n) is 4.73. The minimum absolute atomic E-state index is 0.233. The summed E-state index contributed by atoms with van der Waals surface area (Å²) in [6, 6.07) is -1.41. The number of primary amides is 1. The molecule has 0 heterocycles. The molecule has 1 aliphatic carbocycles. The lowest BCUT2D eigenvalue weighted by Crippen LogP contribution is -2.51. The van der Waals surface area contributed by atoms with Gasteiger partial charge in [0.2, 0.25) is 5.91 Å². The molecule has 17 heavy (non-hydrogen) atoms. The molecule has 0 radical (unpaired) electrons. The van der Waals surface area contributed by atoms with Crippen molar-refractivity contribution in [1.82, 2.24) is 10.6 Å². The van der Waals surface area contributed by atoms with Crippen molar-refractivity contribution in [2.24, 2.45) is 5.73 Å². The minimum atomic E-state index is -0.791. The van der Waals surface area contributed by atoms with Crippen LogP contribution in [0.25, 0.3) is 0 Å². The Hall–Kier alpha value is -1.30. The van der Waals surface area contributed by atoms with Crippen LogP contribution >= 0.6 is 0 Å². The van der Waals surface area contributed by atoms with Crippen LogP contribution in [0.15, 0.2) is 0 Å². The molecule has 5 N–H and O–H groups in total. The number of nitrogens with one attached hydrogen (secondary N) is 2. The molecule has 6 heteroatoms. The molecular weight excluding hydrogens is 222 g/mol. The summed E-state index contributed by atoms with van der Waals surface area (Å²) in [5.41, 5.74) is 4.13. The molecular formula is C11H21N3O3. The Kier molecular flexibility index (Phi) is 4.74. The molecule has 0 aromatic carbocycles. The van der Waals surface area contributed by atoms with Gasteiger partial charge in [-0.15, -0.1) is 0 Å². The van der Waals surface area contributed by atoms with E-state index in [1.807, 2.05) is 0 Å². The van der Waals surface area contributed by atoms with Crippen LogP contribution in [0.1, 0.15) is 39.0 Å². The average Bonchev–Trinajstić information content (AvgIpc) is 2.26. The van der Waals surface area contributed by atoms with Gasteiger partial charge < -0.3 is 21.5 Å². The van der Waals surface area contributed by atoms with Gasteiger partial charge in [0.25, 0.3) is 0 Å². The lowest BCUT2D eigenvalue weighted by atomic mass is 9.85. The van der Waals surface area contributed by atoms with Crippen molar-refractivity contribution in [3.63, 3.8) is 0 Å². The lowest BCUT2D eigenvalue weighted by molar-refractivity contribution is -0.124. The molecule has 0 saturated heterocycles. The van der Waals surface area contributed by atoms with E-state index in [0.717, 1.165) is 19.3 Å². The van der Waals surface area contributed by atoms with Crippen molar-refractivity contribution >= 4 is 11.9 Å². The molecule has 3 amide bonds. The molecule has 0 aromatic rings. The Balaban J connectivity index is 2.33. The number of hydrogen-bond acceptors (Lipinski definition) is 3. The molecule has 1 unspecified atom stereocenters. The van der Waals surface area contributed by atoms with Crippen molar-refractivity contribution in [1.29, 1.82) is 0 Å². The van der Waals surface area contributed by atoms with Gasteiger partial charge in [0.05, 0.1) is 5.60 Å². The van der Waals surface area contributed by atoms with E-state index in [1.54, 1.807) is 6.92 Å². The van der Waals surface area contributed by atoms with Crippen LogP contribution in [0, 0.1) is 0 Å². The number of carbonyl (C=O) groups excluding carboxylic acids is 2. The monoisotopic (exact) mass is 243 g/mol. The smallest absolute Gasteiger partial charge is 0.312 e. The van der Waals surface area contributed by atoms with Crippen molar-refractivity contribution < 1.29 is 14.7 Å². The van der Waals surface area contributed by atoms with Crippen LogP contribution in [0.2, 0.25) is 0 Å². The van der Waals surface area contributed by atoms with Crippen molar-refractivity contribution in [2.45, 2.75) is 50.7 Å². The second-order valence-corrected chi connectivity index (χ2v) is 4.73. The van der Waals surface area contributed by atoms with Gasteiger partial charge in [0.15, 0.2) is 0 Å². The van der Waals surface area contributed by atoms with Crippen LogP contribution < -0.4 is 16.4 Å². The van der Waals surface area contributed by atoms with Gasteiger partial charge >= 0.3 is 6.03 Å². The summed E-state index contributed by atoms with van der Waals surface area (Å²) in [5.74, 6) is -0.331. The van der Waals surface area contributed by atoms with Crippen LogP contribution in [0.4, 0.5) is 4.79 Å². The third kappa shape index (κ3) is 4.60. The largest absolute Gasteiger partial charge is 0.388 e. The fourth-order valence-corrected chi connectivity index (χ4v) is 2.07. The fourth-order valence-electron chi connectivity index (χ4n) is 2.07.